The molecule has 21 heavy (non-hydrogen) atoms. The molecule has 0 aliphatic rings. The van der Waals surface area contributed by atoms with Crippen molar-refractivity contribution < 1.29 is 14.7 Å². The highest BCUT2D eigenvalue weighted by Crippen LogP contribution is 2.07. The third-order valence-electron chi connectivity index (χ3n) is 2.68. The van der Waals surface area contributed by atoms with Crippen LogP contribution >= 0.6 is 0 Å². The van der Waals surface area contributed by atoms with E-state index in [1.54, 1.807) is 31.3 Å². The average molecular weight is 288 g/mol. The van der Waals surface area contributed by atoms with Gasteiger partial charge in [0.25, 0.3) is 5.91 Å². The molecule has 1 rings (SSSR count). The Hall–Kier alpha value is -2.32. The number of carbonyl (C=O) groups excluding carboxylic acids is 2. The Bertz CT molecular complexity index is 558. The van der Waals surface area contributed by atoms with E-state index < -0.39 is 0 Å². The molecule has 0 aliphatic carbocycles. The van der Waals surface area contributed by atoms with Gasteiger partial charge >= 0.3 is 0 Å². The standard InChI is InChI=1S/C16H20N2O3/c1-3-17-15(20)12-18(2)16(21)14-9-6-8-13(11-14)7-4-5-10-19/h6,8-9,11,19H,3,5,10,12H2,1-2H3,(H,17,20). The monoisotopic (exact) mass is 288 g/mol. The number of hydrogen-bond donors (Lipinski definition) is 2. The second-order valence-corrected chi connectivity index (χ2v) is 4.47. The molecule has 2 N–H and O–H groups in total. The first-order valence-electron chi connectivity index (χ1n) is 6.80. The molecule has 0 unspecified atom stereocenters. The highest BCUT2D eigenvalue weighted by atomic mass is 16.2. The van der Waals surface area contributed by atoms with Crippen molar-refractivity contribution >= 4 is 11.8 Å². The van der Waals surface area contributed by atoms with E-state index in [1.807, 2.05) is 6.92 Å². The van der Waals surface area contributed by atoms with Crippen molar-refractivity contribution in [2.45, 2.75) is 13.3 Å². The van der Waals surface area contributed by atoms with Gasteiger partial charge in [-0.3, -0.25) is 9.59 Å². The number of carbonyl (C=O) groups is 2. The minimum atomic E-state index is -0.230. The first-order chi connectivity index (χ1) is 10.1. The zero-order valence-corrected chi connectivity index (χ0v) is 12.3. The van der Waals surface area contributed by atoms with Gasteiger partial charge in [0.05, 0.1) is 13.2 Å². The third-order valence-corrected chi connectivity index (χ3v) is 2.68. The molecule has 0 aromatic heterocycles. The maximum Gasteiger partial charge on any atom is 0.254 e. The predicted octanol–water partition coefficient (Wildman–Crippen LogP) is 0.629. The van der Waals surface area contributed by atoms with Crippen molar-refractivity contribution in [1.29, 1.82) is 0 Å². The van der Waals surface area contributed by atoms with E-state index in [4.69, 9.17) is 5.11 Å². The lowest BCUT2D eigenvalue weighted by molar-refractivity contribution is -0.121. The quantitative estimate of drug-likeness (QED) is 0.781. The van der Waals surface area contributed by atoms with Crippen LogP contribution in [0.2, 0.25) is 0 Å². The molecule has 0 atom stereocenters. The van der Waals surface area contributed by atoms with Crippen molar-refractivity contribution in [3.8, 4) is 11.8 Å². The van der Waals surface area contributed by atoms with Gasteiger partial charge in [0.15, 0.2) is 0 Å². The topological polar surface area (TPSA) is 69.6 Å². The van der Waals surface area contributed by atoms with E-state index in [0.717, 1.165) is 0 Å². The molecular weight excluding hydrogens is 268 g/mol. The van der Waals surface area contributed by atoms with Crippen LogP contribution in [0.15, 0.2) is 24.3 Å². The lowest BCUT2D eigenvalue weighted by Gasteiger charge is -2.16. The van der Waals surface area contributed by atoms with Crippen molar-refractivity contribution in [2.75, 3.05) is 26.7 Å². The first-order valence-corrected chi connectivity index (χ1v) is 6.80. The van der Waals surface area contributed by atoms with Crippen LogP contribution in [-0.2, 0) is 4.79 Å². The molecule has 0 saturated heterocycles. The van der Waals surface area contributed by atoms with Gasteiger partial charge in [-0.1, -0.05) is 17.9 Å². The van der Waals surface area contributed by atoms with E-state index in [1.165, 1.54) is 4.90 Å². The summed E-state index contributed by atoms with van der Waals surface area (Å²) in [5.41, 5.74) is 1.19. The van der Waals surface area contributed by atoms with E-state index in [2.05, 4.69) is 17.2 Å². The summed E-state index contributed by atoms with van der Waals surface area (Å²) in [6.45, 7) is 2.40. The van der Waals surface area contributed by atoms with Crippen molar-refractivity contribution in [3.05, 3.63) is 35.4 Å². The second-order valence-electron chi connectivity index (χ2n) is 4.47. The molecule has 0 heterocycles. The fraction of sp³-hybridized carbons (Fsp3) is 0.375. The van der Waals surface area contributed by atoms with Gasteiger partial charge < -0.3 is 15.3 Å². The molecule has 2 amide bonds. The summed E-state index contributed by atoms with van der Waals surface area (Å²) in [5, 5.41) is 11.3. The molecule has 0 fully saturated rings. The van der Waals surface area contributed by atoms with Gasteiger partial charge in [-0.2, -0.15) is 0 Å². The zero-order valence-electron chi connectivity index (χ0n) is 12.3. The summed E-state index contributed by atoms with van der Waals surface area (Å²) in [5.74, 6) is 5.27. The highest BCUT2D eigenvalue weighted by Gasteiger charge is 2.14. The normalized spacial score (nSPS) is 9.48. The smallest absolute Gasteiger partial charge is 0.254 e. The maximum absolute atomic E-state index is 12.2. The Morgan fingerprint density at radius 2 is 2.14 bits per heavy atom. The van der Waals surface area contributed by atoms with Gasteiger partial charge in [0.2, 0.25) is 5.91 Å². The number of nitrogens with one attached hydrogen (secondary N) is 1. The highest BCUT2D eigenvalue weighted by molar-refractivity contribution is 5.96. The van der Waals surface area contributed by atoms with Crippen LogP contribution in [0.4, 0.5) is 0 Å². The lowest BCUT2D eigenvalue weighted by atomic mass is 10.1. The molecule has 0 aliphatic heterocycles. The molecule has 0 radical (unpaired) electrons. The van der Waals surface area contributed by atoms with Gasteiger partial charge in [-0.15, -0.1) is 0 Å². The van der Waals surface area contributed by atoms with E-state index in [0.29, 0.717) is 24.1 Å². The summed E-state index contributed by atoms with van der Waals surface area (Å²) in [6.07, 6.45) is 0.398. The first kappa shape index (κ1) is 16.7. The van der Waals surface area contributed by atoms with Gasteiger partial charge in [-0.05, 0) is 25.1 Å². The molecule has 1 aromatic rings. The number of hydrogen-bond acceptors (Lipinski definition) is 3. The van der Waals surface area contributed by atoms with Crippen LogP contribution in [0.3, 0.4) is 0 Å². The van der Waals surface area contributed by atoms with Crippen LogP contribution in [-0.4, -0.2) is 48.6 Å². The molecule has 0 saturated carbocycles. The zero-order chi connectivity index (χ0) is 15.7. The SMILES string of the molecule is CCNC(=O)CN(C)C(=O)c1cccc(C#CCCO)c1. The van der Waals surface area contributed by atoms with E-state index in [9.17, 15) is 9.59 Å². The second kappa shape index (κ2) is 8.77. The van der Waals surface area contributed by atoms with Crippen LogP contribution in [0.1, 0.15) is 29.3 Å². The van der Waals surface area contributed by atoms with Crippen molar-refractivity contribution in [2.24, 2.45) is 0 Å². The largest absolute Gasteiger partial charge is 0.395 e. The van der Waals surface area contributed by atoms with Gasteiger partial charge in [-0.25, -0.2) is 0 Å². The summed E-state index contributed by atoms with van der Waals surface area (Å²) in [7, 11) is 1.59. The summed E-state index contributed by atoms with van der Waals surface area (Å²) >= 11 is 0. The Kier molecular flexibility index (Phi) is 6.99. The van der Waals surface area contributed by atoms with Crippen LogP contribution in [0.5, 0.6) is 0 Å². The summed E-state index contributed by atoms with van der Waals surface area (Å²) in [4.78, 5) is 25.1. The van der Waals surface area contributed by atoms with Crippen LogP contribution < -0.4 is 5.32 Å². The number of benzene rings is 1. The Morgan fingerprint density at radius 3 is 2.81 bits per heavy atom. The number of likely N-dealkylation sites (N-methyl/N-ethyl adjacent to an activating group) is 2. The van der Waals surface area contributed by atoms with Crippen LogP contribution in [0.25, 0.3) is 0 Å². The minimum Gasteiger partial charge on any atom is -0.395 e. The number of amides is 2. The molecular formula is C16H20N2O3. The number of rotatable bonds is 5. The maximum atomic E-state index is 12.2. The minimum absolute atomic E-state index is 0.0148. The molecule has 0 bridgehead atoms. The Balaban J connectivity index is 2.76. The van der Waals surface area contributed by atoms with Crippen molar-refractivity contribution in [1.82, 2.24) is 10.2 Å². The average Bonchev–Trinajstić information content (AvgIpc) is 2.47. The number of aliphatic hydroxyl groups excluding tert-OH is 1. The molecule has 0 spiro atoms. The number of aliphatic hydroxyl groups is 1. The summed E-state index contributed by atoms with van der Waals surface area (Å²) < 4.78 is 0. The fourth-order valence-electron chi connectivity index (χ4n) is 1.71. The number of nitrogens with zero attached hydrogens (tertiary/aromatic N) is 1. The molecule has 5 heteroatoms. The molecule has 1 aromatic carbocycles. The van der Waals surface area contributed by atoms with Gasteiger partial charge in [0.1, 0.15) is 0 Å². The molecule has 112 valence electrons. The van der Waals surface area contributed by atoms with Gasteiger partial charge in [0, 0.05) is 31.1 Å². The lowest BCUT2D eigenvalue weighted by Crippen LogP contribution is -2.38. The van der Waals surface area contributed by atoms with E-state index in [-0.39, 0.29) is 25.0 Å². The Morgan fingerprint density at radius 1 is 1.38 bits per heavy atom. The molecule has 5 nitrogen and oxygen atoms in total. The fourth-order valence-corrected chi connectivity index (χ4v) is 1.71. The van der Waals surface area contributed by atoms with E-state index >= 15 is 0 Å². The third kappa shape index (κ3) is 5.67. The van der Waals surface area contributed by atoms with Crippen LogP contribution in [0, 0.1) is 11.8 Å². The predicted molar refractivity (Wildman–Crippen MR) is 80.7 cm³/mol. The Labute approximate surface area is 125 Å². The summed E-state index contributed by atoms with van der Waals surface area (Å²) in [6, 6.07) is 6.91. The van der Waals surface area contributed by atoms with Crippen molar-refractivity contribution in [3.63, 3.8) is 0 Å².